The first kappa shape index (κ1) is 11.0. The molecule has 0 spiro atoms. The Kier molecular flexibility index (Phi) is 3.35. The van der Waals surface area contributed by atoms with E-state index in [1.165, 1.54) is 0 Å². The van der Waals surface area contributed by atoms with Gasteiger partial charge < -0.3 is 10.0 Å². The van der Waals surface area contributed by atoms with Crippen LogP contribution in [0.1, 0.15) is 6.42 Å². The maximum absolute atomic E-state index is 13.3. The highest BCUT2D eigenvalue weighted by atomic mass is 127. The van der Waals surface area contributed by atoms with Crippen molar-refractivity contribution >= 4 is 28.4 Å². The Hall–Kier alpha value is -0.500. The second kappa shape index (κ2) is 4.56. The lowest BCUT2D eigenvalue weighted by Gasteiger charge is -2.32. The third-order valence-electron chi connectivity index (χ3n) is 2.45. The molecule has 1 fully saturated rings. The Balaban J connectivity index is 2.08. The number of nitrogens with zero attached hydrogens (tertiary/aromatic N) is 3. The summed E-state index contributed by atoms with van der Waals surface area (Å²) in [6.07, 6.45) is -1.59. The zero-order chi connectivity index (χ0) is 10.8. The monoisotopic (exact) mass is 323 g/mol. The van der Waals surface area contributed by atoms with E-state index in [9.17, 15) is 9.50 Å². The minimum Gasteiger partial charge on any atom is -0.390 e. The molecular weight excluding hydrogens is 312 g/mol. The van der Waals surface area contributed by atoms with Gasteiger partial charge >= 0.3 is 0 Å². The van der Waals surface area contributed by atoms with E-state index < -0.39 is 12.3 Å². The quantitative estimate of drug-likeness (QED) is 0.783. The third-order valence-corrected chi connectivity index (χ3v) is 3.02. The number of alkyl halides is 1. The molecule has 1 aromatic heterocycles. The van der Waals surface area contributed by atoms with Gasteiger partial charge in [-0.25, -0.2) is 4.39 Å². The van der Waals surface area contributed by atoms with E-state index in [2.05, 4.69) is 32.8 Å². The predicted molar refractivity (Wildman–Crippen MR) is 62.5 cm³/mol. The van der Waals surface area contributed by atoms with Crippen LogP contribution in [0.4, 0.5) is 10.2 Å². The Morgan fingerprint density at radius 3 is 2.87 bits per heavy atom. The van der Waals surface area contributed by atoms with Crippen molar-refractivity contribution in [1.29, 1.82) is 0 Å². The summed E-state index contributed by atoms with van der Waals surface area (Å²) >= 11 is 2.07. The van der Waals surface area contributed by atoms with E-state index >= 15 is 0 Å². The van der Waals surface area contributed by atoms with Gasteiger partial charge in [0.05, 0.1) is 12.6 Å². The van der Waals surface area contributed by atoms with Crippen molar-refractivity contribution in [2.75, 3.05) is 18.0 Å². The van der Waals surface area contributed by atoms with Crippen molar-refractivity contribution in [3.63, 3.8) is 0 Å². The predicted octanol–water partition coefficient (Wildman–Crippen LogP) is 0.990. The van der Waals surface area contributed by atoms with Gasteiger partial charge in [-0.3, -0.25) is 0 Å². The number of rotatable bonds is 1. The topological polar surface area (TPSA) is 49.2 Å². The van der Waals surface area contributed by atoms with Crippen molar-refractivity contribution < 1.29 is 9.50 Å². The zero-order valence-corrected chi connectivity index (χ0v) is 10.1. The average Bonchev–Trinajstić information content (AvgIpc) is 2.23. The Morgan fingerprint density at radius 1 is 1.47 bits per heavy atom. The number of anilines is 1. The molecule has 0 radical (unpaired) electrons. The van der Waals surface area contributed by atoms with Gasteiger partial charge in [0.1, 0.15) is 9.87 Å². The molecule has 0 bridgehead atoms. The second-order valence-corrected chi connectivity index (χ2v) is 4.64. The van der Waals surface area contributed by atoms with E-state index in [1.54, 1.807) is 4.90 Å². The van der Waals surface area contributed by atoms with Crippen molar-refractivity contribution in [3.8, 4) is 0 Å². The van der Waals surface area contributed by atoms with Gasteiger partial charge in [-0.2, -0.15) is 0 Å². The molecule has 1 aliphatic rings. The van der Waals surface area contributed by atoms with E-state index in [1.807, 2.05) is 12.1 Å². The molecule has 1 aromatic rings. The average molecular weight is 323 g/mol. The summed E-state index contributed by atoms with van der Waals surface area (Å²) in [6.45, 7) is 0.813. The summed E-state index contributed by atoms with van der Waals surface area (Å²) in [6, 6.07) is 3.65. The molecule has 1 aliphatic heterocycles. The van der Waals surface area contributed by atoms with Gasteiger partial charge in [0.2, 0.25) is 0 Å². The van der Waals surface area contributed by atoms with Gasteiger partial charge in [0, 0.05) is 6.54 Å². The fourth-order valence-corrected chi connectivity index (χ4v) is 1.87. The van der Waals surface area contributed by atoms with Gasteiger partial charge in [-0.1, -0.05) is 0 Å². The number of hydrogen-bond donors (Lipinski definition) is 1. The third kappa shape index (κ3) is 2.54. The Morgan fingerprint density at radius 2 is 2.27 bits per heavy atom. The van der Waals surface area contributed by atoms with Crippen LogP contribution in [0.25, 0.3) is 0 Å². The highest BCUT2D eigenvalue weighted by molar-refractivity contribution is 14.1. The van der Waals surface area contributed by atoms with Crippen LogP contribution >= 0.6 is 22.6 Å². The Labute approximate surface area is 101 Å². The van der Waals surface area contributed by atoms with E-state index in [0.29, 0.717) is 18.8 Å². The molecule has 82 valence electrons. The van der Waals surface area contributed by atoms with Gasteiger partial charge in [0.25, 0.3) is 0 Å². The number of aliphatic hydroxyl groups is 1. The summed E-state index contributed by atoms with van der Waals surface area (Å²) in [7, 11) is 0. The fraction of sp³-hybridized carbons (Fsp3) is 0.556. The molecule has 2 heterocycles. The lowest BCUT2D eigenvalue weighted by molar-refractivity contribution is 0.0613. The van der Waals surface area contributed by atoms with Crippen molar-refractivity contribution in [2.45, 2.75) is 18.7 Å². The molecule has 0 amide bonds. The number of hydrogen-bond acceptors (Lipinski definition) is 4. The first-order valence-corrected chi connectivity index (χ1v) is 5.81. The highest BCUT2D eigenvalue weighted by Gasteiger charge is 2.28. The van der Waals surface area contributed by atoms with Crippen LogP contribution in [0.15, 0.2) is 12.1 Å². The van der Waals surface area contributed by atoms with E-state index in [4.69, 9.17) is 0 Å². The fourth-order valence-electron chi connectivity index (χ4n) is 1.58. The SMILES string of the molecule is O[C@H]1CCN(c2ccc(I)nn2)C[C@H]1F. The lowest BCUT2D eigenvalue weighted by atomic mass is 10.1. The van der Waals surface area contributed by atoms with Crippen molar-refractivity contribution in [3.05, 3.63) is 15.8 Å². The minimum absolute atomic E-state index is 0.191. The Bertz CT molecular complexity index is 335. The van der Waals surface area contributed by atoms with Crippen LogP contribution in [0.5, 0.6) is 0 Å². The molecule has 0 aliphatic carbocycles. The molecule has 1 N–H and O–H groups in total. The summed E-state index contributed by atoms with van der Waals surface area (Å²) in [5.74, 6) is 0.671. The number of aliphatic hydroxyl groups excluding tert-OH is 1. The molecule has 0 unspecified atom stereocenters. The highest BCUT2D eigenvalue weighted by Crippen LogP contribution is 2.19. The van der Waals surface area contributed by atoms with Gasteiger partial charge in [-0.15, -0.1) is 10.2 Å². The van der Waals surface area contributed by atoms with Crippen LogP contribution in [0, 0.1) is 3.70 Å². The number of aromatic nitrogens is 2. The maximum atomic E-state index is 13.3. The van der Waals surface area contributed by atoms with E-state index in [0.717, 1.165) is 3.70 Å². The van der Waals surface area contributed by atoms with Crippen molar-refractivity contribution in [2.24, 2.45) is 0 Å². The molecular formula is C9H11FIN3O. The first-order valence-electron chi connectivity index (χ1n) is 4.73. The molecule has 2 atom stereocenters. The van der Waals surface area contributed by atoms with Gasteiger partial charge in [-0.05, 0) is 41.1 Å². The molecule has 4 nitrogen and oxygen atoms in total. The van der Waals surface area contributed by atoms with Gasteiger partial charge in [0.15, 0.2) is 5.82 Å². The lowest BCUT2D eigenvalue weighted by Crippen LogP contribution is -2.45. The first-order chi connectivity index (χ1) is 7.16. The van der Waals surface area contributed by atoms with Crippen LogP contribution in [0.2, 0.25) is 0 Å². The summed E-state index contributed by atoms with van der Waals surface area (Å²) < 4.78 is 14.1. The zero-order valence-electron chi connectivity index (χ0n) is 7.98. The van der Waals surface area contributed by atoms with Crippen molar-refractivity contribution in [1.82, 2.24) is 10.2 Å². The van der Waals surface area contributed by atoms with Crippen LogP contribution in [-0.4, -0.2) is 40.7 Å². The summed E-state index contributed by atoms with van der Waals surface area (Å²) in [5, 5.41) is 17.1. The minimum atomic E-state index is -1.19. The van der Waals surface area contributed by atoms with Crippen LogP contribution in [-0.2, 0) is 0 Å². The molecule has 0 aromatic carbocycles. The summed E-state index contributed by atoms with van der Waals surface area (Å²) in [5.41, 5.74) is 0. The maximum Gasteiger partial charge on any atom is 0.151 e. The molecule has 0 saturated carbocycles. The smallest absolute Gasteiger partial charge is 0.151 e. The standard InChI is InChI=1S/C9H11FIN3O/c10-6-5-14(4-3-7(6)15)9-2-1-8(11)12-13-9/h1-2,6-7,15H,3-5H2/t6-,7+/m1/s1. The van der Waals surface area contributed by atoms with E-state index in [-0.39, 0.29) is 6.54 Å². The van der Waals surface area contributed by atoms with Crippen LogP contribution < -0.4 is 4.90 Å². The molecule has 6 heteroatoms. The van der Waals surface area contributed by atoms with Crippen LogP contribution in [0.3, 0.4) is 0 Å². The normalized spacial score (nSPS) is 26.7. The molecule has 15 heavy (non-hydrogen) atoms. The number of halogens is 2. The second-order valence-electron chi connectivity index (χ2n) is 3.53. The largest absolute Gasteiger partial charge is 0.390 e. The molecule has 1 saturated heterocycles. The molecule has 2 rings (SSSR count). The summed E-state index contributed by atoms with van der Waals surface area (Å²) in [4.78, 5) is 1.81. The number of piperidine rings is 1.